The van der Waals surface area contributed by atoms with Crippen molar-refractivity contribution in [2.75, 3.05) is 13.1 Å². The van der Waals surface area contributed by atoms with E-state index in [1.807, 2.05) is 0 Å². The van der Waals surface area contributed by atoms with Crippen molar-refractivity contribution in [2.24, 2.45) is 11.1 Å². The molecular weight excluding hydrogens is 290 g/mol. The maximum Gasteiger partial charge on any atom is 0.246 e. The predicted molar refractivity (Wildman–Crippen MR) is 69.9 cm³/mol. The molecule has 1 aromatic rings. The number of hydrogen-bond acceptors (Lipinski definition) is 4. The first-order valence-corrected chi connectivity index (χ1v) is 7.50. The lowest BCUT2D eigenvalue weighted by atomic mass is 9.89. The zero-order chi connectivity index (χ0) is 14.3. The summed E-state index contributed by atoms with van der Waals surface area (Å²) in [4.78, 5) is 15.1. The summed E-state index contributed by atoms with van der Waals surface area (Å²) in [5.74, 6) is -0.498. The molecule has 1 saturated heterocycles. The van der Waals surface area contributed by atoms with E-state index in [2.05, 4.69) is 4.98 Å². The highest BCUT2D eigenvalue weighted by Crippen LogP contribution is 2.34. The van der Waals surface area contributed by atoms with E-state index >= 15 is 0 Å². The lowest BCUT2D eigenvalue weighted by Gasteiger charge is -2.21. The number of sulfonamides is 1. The highest BCUT2D eigenvalue weighted by atomic mass is 35.5. The van der Waals surface area contributed by atoms with Crippen LogP contribution >= 0.6 is 11.6 Å². The van der Waals surface area contributed by atoms with Gasteiger partial charge in [0.2, 0.25) is 15.9 Å². The van der Waals surface area contributed by atoms with Crippen LogP contribution in [0.4, 0.5) is 0 Å². The van der Waals surface area contributed by atoms with E-state index in [4.69, 9.17) is 17.3 Å². The molecule has 1 amide bonds. The van der Waals surface area contributed by atoms with E-state index in [1.54, 1.807) is 6.92 Å². The van der Waals surface area contributed by atoms with E-state index in [0.717, 1.165) is 0 Å². The number of aromatic nitrogens is 1. The molecule has 6 nitrogen and oxygen atoms in total. The number of carbonyl (C=O) groups excluding carboxylic acids is 1. The molecule has 104 valence electrons. The first-order valence-electron chi connectivity index (χ1n) is 5.68. The van der Waals surface area contributed by atoms with Crippen LogP contribution in [-0.4, -0.2) is 36.7 Å². The average Bonchev–Trinajstić information content (AvgIpc) is 2.74. The molecule has 8 heteroatoms. The number of carbonyl (C=O) groups is 1. The number of primary amides is 1. The van der Waals surface area contributed by atoms with E-state index in [1.165, 1.54) is 22.6 Å². The van der Waals surface area contributed by atoms with Crippen molar-refractivity contribution in [1.29, 1.82) is 0 Å². The fourth-order valence-electron chi connectivity index (χ4n) is 2.03. The molecule has 0 bridgehead atoms. The van der Waals surface area contributed by atoms with Gasteiger partial charge in [-0.2, -0.15) is 4.31 Å². The van der Waals surface area contributed by atoms with Crippen LogP contribution in [0, 0.1) is 5.41 Å². The Morgan fingerprint density at radius 2 is 2.26 bits per heavy atom. The Morgan fingerprint density at radius 3 is 2.79 bits per heavy atom. The molecule has 0 radical (unpaired) electrons. The summed E-state index contributed by atoms with van der Waals surface area (Å²) in [5, 5.41) is -0.0739. The largest absolute Gasteiger partial charge is 0.369 e. The standard InChI is InChI=1S/C11H14ClN3O3S/c1-11(10(13)16)4-6-15(7-11)19(17,18)8-3-2-5-14-9(8)12/h2-3,5H,4,6-7H2,1H3,(H2,13,16). The Morgan fingerprint density at radius 1 is 1.58 bits per heavy atom. The summed E-state index contributed by atoms with van der Waals surface area (Å²) in [6, 6.07) is 2.90. The van der Waals surface area contributed by atoms with Gasteiger partial charge in [0.05, 0.1) is 5.41 Å². The van der Waals surface area contributed by atoms with Crippen LogP contribution in [0.5, 0.6) is 0 Å². The van der Waals surface area contributed by atoms with Gasteiger partial charge in [0, 0.05) is 19.3 Å². The molecule has 1 aliphatic rings. The van der Waals surface area contributed by atoms with Crippen molar-refractivity contribution < 1.29 is 13.2 Å². The third-order valence-electron chi connectivity index (χ3n) is 3.38. The molecule has 19 heavy (non-hydrogen) atoms. The lowest BCUT2D eigenvalue weighted by Crippen LogP contribution is -2.38. The van der Waals surface area contributed by atoms with Crippen LogP contribution in [0.25, 0.3) is 0 Å². The number of nitrogens with two attached hydrogens (primary N) is 1. The minimum atomic E-state index is -3.74. The van der Waals surface area contributed by atoms with Crippen LogP contribution in [0.1, 0.15) is 13.3 Å². The molecular formula is C11H14ClN3O3S. The smallest absolute Gasteiger partial charge is 0.246 e. The van der Waals surface area contributed by atoms with Crippen molar-refractivity contribution in [3.8, 4) is 0 Å². The second kappa shape index (κ2) is 4.73. The maximum absolute atomic E-state index is 12.4. The number of nitrogens with zero attached hydrogens (tertiary/aromatic N) is 2. The van der Waals surface area contributed by atoms with E-state index in [-0.39, 0.29) is 23.1 Å². The molecule has 0 aliphatic carbocycles. The van der Waals surface area contributed by atoms with Crippen molar-refractivity contribution in [2.45, 2.75) is 18.2 Å². The molecule has 0 aromatic carbocycles. The van der Waals surface area contributed by atoms with Crippen LogP contribution in [0.3, 0.4) is 0 Å². The van der Waals surface area contributed by atoms with Crippen molar-refractivity contribution >= 4 is 27.5 Å². The van der Waals surface area contributed by atoms with Crippen molar-refractivity contribution in [3.63, 3.8) is 0 Å². The topological polar surface area (TPSA) is 93.4 Å². The van der Waals surface area contributed by atoms with Gasteiger partial charge < -0.3 is 5.73 Å². The molecule has 1 atom stereocenters. The van der Waals surface area contributed by atoms with Gasteiger partial charge in [-0.1, -0.05) is 11.6 Å². The maximum atomic E-state index is 12.4. The highest BCUT2D eigenvalue weighted by Gasteiger charge is 2.44. The SMILES string of the molecule is CC1(C(N)=O)CCN(S(=O)(=O)c2cccnc2Cl)C1. The Balaban J connectivity index is 2.34. The number of hydrogen-bond donors (Lipinski definition) is 1. The van der Waals surface area contributed by atoms with Crippen LogP contribution in [0.15, 0.2) is 23.2 Å². The third kappa shape index (κ3) is 2.45. The summed E-state index contributed by atoms with van der Waals surface area (Å²) >= 11 is 5.81. The summed E-state index contributed by atoms with van der Waals surface area (Å²) in [6.45, 7) is 1.97. The first-order chi connectivity index (χ1) is 8.77. The monoisotopic (exact) mass is 303 g/mol. The Labute approximate surface area is 116 Å². The van der Waals surface area contributed by atoms with Gasteiger partial charge in [-0.15, -0.1) is 0 Å². The van der Waals surface area contributed by atoms with Crippen LogP contribution in [0.2, 0.25) is 5.15 Å². The highest BCUT2D eigenvalue weighted by molar-refractivity contribution is 7.89. The summed E-state index contributed by atoms with van der Waals surface area (Å²) in [5.41, 5.74) is 4.48. The minimum absolute atomic E-state index is 0.0506. The average molecular weight is 304 g/mol. The fraction of sp³-hybridized carbons (Fsp3) is 0.455. The van der Waals surface area contributed by atoms with Gasteiger partial charge in [0.1, 0.15) is 10.0 Å². The van der Waals surface area contributed by atoms with Crippen LogP contribution < -0.4 is 5.73 Å². The summed E-state index contributed by atoms with van der Waals surface area (Å²) in [6.07, 6.45) is 1.82. The Hall–Kier alpha value is -1.18. The number of pyridine rings is 1. The number of rotatable bonds is 3. The molecule has 0 saturated carbocycles. The third-order valence-corrected chi connectivity index (χ3v) is 5.67. The summed E-state index contributed by atoms with van der Waals surface area (Å²) in [7, 11) is -3.74. The zero-order valence-electron chi connectivity index (χ0n) is 10.3. The predicted octanol–water partition coefficient (Wildman–Crippen LogP) is 0.621. The van der Waals surface area contributed by atoms with E-state index in [9.17, 15) is 13.2 Å². The first kappa shape index (κ1) is 14.2. The van der Waals surface area contributed by atoms with Gasteiger partial charge >= 0.3 is 0 Å². The molecule has 2 rings (SSSR count). The van der Waals surface area contributed by atoms with Crippen LogP contribution in [-0.2, 0) is 14.8 Å². The second-order valence-corrected chi connectivity index (χ2v) is 7.07. The van der Waals surface area contributed by atoms with Gasteiger partial charge in [-0.3, -0.25) is 4.79 Å². The van der Waals surface area contributed by atoms with Gasteiger partial charge in [0.25, 0.3) is 0 Å². The molecule has 1 unspecified atom stereocenters. The molecule has 0 spiro atoms. The molecule has 2 N–H and O–H groups in total. The van der Waals surface area contributed by atoms with Gasteiger partial charge in [-0.25, -0.2) is 13.4 Å². The van der Waals surface area contributed by atoms with Crippen molar-refractivity contribution in [1.82, 2.24) is 9.29 Å². The summed E-state index contributed by atoms with van der Waals surface area (Å²) < 4.78 is 26.1. The molecule has 1 aliphatic heterocycles. The molecule has 1 aromatic heterocycles. The Bertz CT molecular complexity index is 619. The van der Waals surface area contributed by atoms with Crippen molar-refractivity contribution in [3.05, 3.63) is 23.5 Å². The Kier molecular flexibility index (Phi) is 3.55. The second-order valence-electron chi connectivity index (χ2n) is 4.81. The number of amides is 1. The van der Waals surface area contributed by atoms with Gasteiger partial charge in [0.15, 0.2) is 0 Å². The normalized spacial score (nSPS) is 24.5. The minimum Gasteiger partial charge on any atom is -0.369 e. The van der Waals surface area contributed by atoms with E-state index < -0.39 is 21.3 Å². The quantitative estimate of drug-likeness (QED) is 0.828. The fourth-order valence-corrected chi connectivity index (χ4v) is 4.02. The number of halogens is 1. The van der Waals surface area contributed by atoms with E-state index in [0.29, 0.717) is 6.42 Å². The lowest BCUT2D eigenvalue weighted by molar-refractivity contribution is -0.126. The zero-order valence-corrected chi connectivity index (χ0v) is 11.9. The molecule has 1 fully saturated rings. The van der Waals surface area contributed by atoms with Gasteiger partial charge in [-0.05, 0) is 25.5 Å². The molecule has 2 heterocycles.